The molecule has 2 aromatic rings. The fourth-order valence-electron chi connectivity index (χ4n) is 5.88. The molecular weight excluding hydrogens is 364 g/mol. The Morgan fingerprint density at radius 1 is 1.07 bits per heavy atom. The second kappa shape index (κ2) is 6.61. The third-order valence-corrected chi connectivity index (χ3v) is 6.57. The van der Waals surface area contributed by atoms with Crippen LogP contribution in [-0.2, 0) is 6.61 Å². The van der Waals surface area contributed by atoms with Crippen molar-refractivity contribution in [3.8, 4) is 5.75 Å². The largest absolute Gasteiger partial charge is 0.483 e. The Balaban J connectivity index is 1.23. The highest BCUT2D eigenvalue weighted by Crippen LogP contribution is 2.55. The van der Waals surface area contributed by atoms with Gasteiger partial charge < -0.3 is 14.5 Å². The Morgan fingerprint density at radius 2 is 1.75 bits per heavy atom. The molecule has 4 bridgehead atoms. The van der Waals surface area contributed by atoms with E-state index in [2.05, 4.69) is 5.32 Å². The van der Waals surface area contributed by atoms with E-state index in [1.165, 1.54) is 25.3 Å². The van der Waals surface area contributed by atoms with Crippen molar-refractivity contribution in [2.45, 2.75) is 50.7 Å². The predicted octanol–water partition coefficient (Wildman–Crippen LogP) is 4.84. The molecule has 6 rings (SSSR count). The Bertz CT molecular complexity index is 872. The van der Waals surface area contributed by atoms with Gasteiger partial charge in [0, 0.05) is 11.6 Å². The molecule has 1 heterocycles. The van der Waals surface area contributed by atoms with E-state index in [1.807, 2.05) is 0 Å². The van der Waals surface area contributed by atoms with Crippen LogP contribution in [0.3, 0.4) is 0 Å². The van der Waals surface area contributed by atoms with Crippen molar-refractivity contribution in [2.75, 3.05) is 0 Å². The number of amides is 1. The van der Waals surface area contributed by atoms with Crippen LogP contribution in [-0.4, -0.2) is 11.4 Å². The molecule has 6 heteroatoms. The number of carbonyl (C=O) groups is 1. The summed E-state index contributed by atoms with van der Waals surface area (Å²) in [6.07, 6.45) is 7.17. The van der Waals surface area contributed by atoms with E-state index in [0.717, 1.165) is 49.1 Å². The number of rotatable bonds is 5. The number of carbonyl (C=O) groups excluding carboxylic acids is 1. The number of ether oxygens (including phenoxy) is 1. The summed E-state index contributed by atoms with van der Waals surface area (Å²) in [4.78, 5) is 12.8. The van der Waals surface area contributed by atoms with Gasteiger partial charge in [0.2, 0.25) is 0 Å². The zero-order valence-electron chi connectivity index (χ0n) is 15.5. The zero-order chi connectivity index (χ0) is 19.3. The lowest BCUT2D eigenvalue weighted by Gasteiger charge is -2.56. The van der Waals surface area contributed by atoms with Gasteiger partial charge in [-0.3, -0.25) is 4.79 Å². The predicted molar refractivity (Wildman–Crippen MR) is 97.8 cm³/mol. The lowest BCUT2D eigenvalue weighted by molar-refractivity contribution is -0.0171. The SMILES string of the molecule is O=C(NC12CC3CC(CC(C3)C1)C2)c1ccc(COc2ccc(F)cc2F)o1. The molecule has 4 fully saturated rings. The van der Waals surface area contributed by atoms with Crippen LogP contribution in [0.1, 0.15) is 54.8 Å². The van der Waals surface area contributed by atoms with Crippen molar-refractivity contribution in [1.82, 2.24) is 5.32 Å². The topological polar surface area (TPSA) is 51.5 Å². The van der Waals surface area contributed by atoms with Crippen molar-refractivity contribution in [2.24, 2.45) is 17.8 Å². The van der Waals surface area contributed by atoms with Gasteiger partial charge in [-0.15, -0.1) is 0 Å². The van der Waals surface area contributed by atoms with Gasteiger partial charge in [-0.1, -0.05) is 0 Å². The Hall–Kier alpha value is -2.37. The summed E-state index contributed by atoms with van der Waals surface area (Å²) < 4.78 is 37.5. The summed E-state index contributed by atoms with van der Waals surface area (Å²) in [6.45, 7) is -0.0345. The van der Waals surface area contributed by atoms with E-state index >= 15 is 0 Å². The van der Waals surface area contributed by atoms with Crippen molar-refractivity contribution in [1.29, 1.82) is 0 Å². The third-order valence-electron chi connectivity index (χ3n) is 6.57. The minimum Gasteiger partial charge on any atom is -0.483 e. The first-order valence-corrected chi connectivity index (χ1v) is 9.97. The number of benzene rings is 1. The minimum atomic E-state index is -0.772. The first-order valence-electron chi connectivity index (χ1n) is 9.97. The van der Waals surface area contributed by atoms with E-state index < -0.39 is 11.6 Å². The summed E-state index contributed by atoms with van der Waals surface area (Å²) in [6, 6.07) is 6.40. The van der Waals surface area contributed by atoms with Gasteiger partial charge in [-0.25, -0.2) is 8.78 Å². The fourth-order valence-corrected chi connectivity index (χ4v) is 5.88. The van der Waals surface area contributed by atoms with Crippen LogP contribution in [0, 0.1) is 29.4 Å². The average molecular weight is 387 g/mol. The van der Waals surface area contributed by atoms with Gasteiger partial charge in [-0.05, 0) is 80.5 Å². The molecule has 0 saturated heterocycles. The molecule has 1 amide bonds. The molecule has 1 aromatic heterocycles. The standard InChI is InChI=1S/C22H23F2NO3/c23-16-1-3-19(18(24)8-16)27-12-17-2-4-20(28-17)21(26)25-22-9-13-5-14(10-22)7-15(6-13)11-22/h1-4,8,13-15H,5-7,9-12H2,(H,25,26). The molecule has 0 spiro atoms. The van der Waals surface area contributed by atoms with E-state index in [-0.39, 0.29) is 29.6 Å². The maximum Gasteiger partial charge on any atom is 0.287 e. The molecule has 4 aliphatic rings. The average Bonchev–Trinajstić information content (AvgIpc) is 3.08. The minimum absolute atomic E-state index is 0.0345. The van der Waals surface area contributed by atoms with Gasteiger partial charge in [0.05, 0.1) is 0 Å². The number of nitrogens with one attached hydrogen (secondary N) is 1. The quantitative estimate of drug-likeness (QED) is 0.799. The molecule has 148 valence electrons. The summed E-state index contributed by atoms with van der Waals surface area (Å²) in [5.41, 5.74) is -0.0769. The van der Waals surface area contributed by atoms with Gasteiger partial charge in [0.25, 0.3) is 5.91 Å². The Morgan fingerprint density at radius 3 is 2.39 bits per heavy atom. The van der Waals surface area contributed by atoms with Crippen LogP contribution in [0.4, 0.5) is 8.78 Å². The highest BCUT2D eigenvalue weighted by molar-refractivity contribution is 5.92. The van der Waals surface area contributed by atoms with Crippen molar-refractivity contribution in [3.63, 3.8) is 0 Å². The first kappa shape index (κ1) is 17.7. The highest BCUT2D eigenvalue weighted by Gasteiger charge is 2.51. The molecule has 1 N–H and O–H groups in total. The fraction of sp³-hybridized carbons (Fsp3) is 0.500. The molecule has 4 saturated carbocycles. The molecule has 4 nitrogen and oxygen atoms in total. The molecule has 0 atom stereocenters. The monoisotopic (exact) mass is 387 g/mol. The second-order valence-electron chi connectivity index (χ2n) is 8.78. The van der Waals surface area contributed by atoms with Crippen molar-refractivity contribution < 1.29 is 22.7 Å². The number of hydrogen-bond donors (Lipinski definition) is 1. The molecule has 0 radical (unpaired) electrons. The molecule has 0 unspecified atom stereocenters. The first-order chi connectivity index (χ1) is 13.5. The molecule has 28 heavy (non-hydrogen) atoms. The van der Waals surface area contributed by atoms with Crippen LogP contribution in [0.25, 0.3) is 0 Å². The Labute approximate surface area is 162 Å². The number of hydrogen-bond acceptors (Lipinski definition) is 3. The third kappa shape index (κ3) is 3.29. The molecule has 0 aliphatic heterocycles. The summed E-state index contributed by atoms with van der Waals surface area (Å²) >= 11 is 0. The van der Waals surface area contributed by atoms with E-state index in [9.17, 15) is 13.6 Å². The summed E-state index contributed by atoms with van der Waals surface area (Å²) in [5, 5.41) is 3.27. The maximum atomic E-state index is 13.6. The molecule has 1 aromatic carbocycles. The lowest BCUT2D eigenvalue weighted by Crippen LogP contribution is -2.59. The van der Waals surface area contributed by atoms with Crippen LogP contribution < -0.4 is 10.1 Å². The van der Waals surface area contributed by atoms with Gasteiger partial charge in [0.1, 0.15) is 18.2 Å². The van der Waals surface area contributed by atoms with Crippen LogP contribution >= 0.6 is 0 Å². The highest BCUT2D eigenvalue weighted by atomic mass is 19.1. The second-order valence-corrected chi connectivity index (χ2v) is 8.78. The van der Waals surface area contributed by atoms with Gasteiger partial charge in [-0.2, -0.15) is 0 Å². The van der Waals surface area contributed by atoms with Crippen molar-refractivity contribution >= 4 is 5.91 Å². The molecular formula is C22H23F2NO3. The zero-order valence-corrected chi connectivity index (χ0v) is 15.5. The summed E-state index contributed by atoms with van der Waals surface area (Å²) in [7, 11) is 0. The maximum absolute atomic E-state index is 13.6. The lowest BCUT2D eigenvalue weighted by atomic mass is 9.53. The summed E-state index contributed by atoms with van der Waals surface area (Å²) in [5.74, 6) is 1.22. The van der Waals surface area contributed by atoms with Crippen LogP contribution in [0.15, 0.2) is 34.7 Å². The smallest absolute Gasteiger partial charge is 0.287 e. The van der Waals surface area contributed by atoms with E-state index in [1.54, 1.807) is 12.1 Å². The van der Waals surface area contributed by atoms with Gasteiger partial charge in [0.15, 0.2) is 17.3 Å². The normalized spacial score (nSPS) is 30.4. The van der Waals surface area contributed by atoms with E-state index in [0.29, 0.717) is 5.76 Å². The number of halogens is 2. The van der Waals surface area contributed by atoms with Crippen LogP contribution in [0.2, 0.25) is 0 Å². The number of furan rings is 1. The van der Waals surface area contributed by atoms with Crippen LogP contribution in [0.5, 0.6) is 5.75 Å². The Kier molecular flexibility index (Phi) is 4.18. The van der Waals surface area contributed by atoms with Crippen molar-refractivity contribution in [3.05, 3.63) is 53.5 Å². The van der Waals surface area contributed by atoms with E-state index in [4.69, 9.17) is 9.15 Å². The van der Waals surface area contributed by atoms with Gasteiger partial charge >= 0.3 is 0 Å². The molecule has 4 aliphatic carbocycles.